The smallest absolute Gasteiger partial charge is 0.225 e. The van der Waals surface area contributed by atoms with E-state index in [4.69, 9.17) is 0 Å². The molecule has 2 saturated heterocycles. The molecule has 2 aliphatic rings. The van der Waals surface area contributed by atoms with Crippen molar-refractivity contribution in [3.8, 4) is 0 Å². The second-order valence-corrected chi connectivity index (χ2v) is 7.88. The maximum atomic E-state index is 12.1. The molecular weight excluding hydrogens is 252 g/mol. The minimum absolute atomic E-state index is 0.0133. The first-order valence-electron chi connectivity index (χ1n) is 6.63. The highest BCUT2D eigenvalue weighted by molar-refractivity contribution is 7.89. The molecule has 0 aromatic heterocycles. The number of amides is 1. The number of carbonyl (C=O) groups is 1. The van der Waals surface area contributed by atoms with E-state index in [0.29, 0.717) is 19.0 Å². The lowest BCUT2D eigenvalue weighted by molar-refractivity contribution is -0.135. The zero-order valence-electron chi connectivity index (χ0n) is 11.3. The number of fused-ring (bicyclic) bond motifs is 2. The third-order valence-electron chi connectivity index (χ3n) is 3.91. The van der Waals surface area contributed by atoms with E-state index in [9.17, 15) is 13.2 Å². The summed E-state index contributed by atoms with van der Waals surface area (Å²) < 4.78 is 25.4. The Bertz CT molecular complexity index is 433. The average molecular weight is 274 g/mol. The molecule has 6 heteroatoms. The zero-order valence-corrected chi connectivity index (χ0v) is 12.1. The molecular formula is C12H22N2O3S. The molecule has 2 heterocycles. The van der Waals surface area contributed by atoms with Crippen LogP contribution in [0.1, 0.15) is 27.2 Å². The van der Waals surface area contributed by atoms with E-state index in [2.05, 4.69) is 0 Å². The highest BCUT2D eigenvalue weighted by Crippen LogP contribution is 2.31. The lowest BCUT2D eigenvalue weighted by atomic mass is 10.0. The largest absolute Gasteiger partial charge is 0.338 e. The summed E-state index contributed by atoms with van der Waals surface area (Å²) in [5, 5.41) is 0. The van der Waals surface area contributed by atoms with Gasteiger partial charge in [-0.2, -0.15) is 4.31 Å². The maximum absolute atomic E-state index is 12.1. The molecule has 2 atom stereocenters. The van der Waals surface area contributed by atoms with Gasteiger partial charge in [0.2, 0.25) is 15.9 Å². The second-order valence-electron chi connectivity index (χ2n) is 5.62. The van der Waals surface area contributed by atoms with Gasteiger partial charge in [0.25, 0.3) is 0 Å². The van der Waals surface area contributed by atoms with Gasteiger partial charge in [-0.3, -0.25) is 4.79 Å². The van der Waals surface area contributed by atoms with E-state index in [1.165, 1.54) is 0 Å². The fourth-order valence-electron chi connectivity index (χ4n) is 2.93. The number of sulfonamides is 1. The van der Waals surface area contributed by atoms with Crippen molar-refractivity contribution in [2.75, 3.05) is 25.4 Å². The van der Waals surface area contributed by atoms with E-state index in [1.54, 1.807) is 11.2 Å². The van der Waals surface area contributed by atoms with Crippen LogP contribution < -0.4 is 0 Å². The highest BCUT2D eigenvalue weighted by atomic mass is 32.2. The van der Waals surface area contributed by atoms with Crippen molar-refractivity contribution in [3.63, 3.8) is 0 Å². The monoisotopic (exact) mass is 274 g/mol. The Morgan fingerprint density at radius 2 is 1.94 bits per heavy atom. The molecule has 0 aromatic carbocycles. The summed E-state index contributed by atoms with van der Waals surface area (Å²) in [5.41, 5.74) is 0. The molecule has 0 saturated carbocycles. The molecule has 2 unspecified atom stereocenters. The number of likely N-dealkylation sites (tertiary alicyclic amines) is 1. The standard InChI is InChI=1S/C12H22N2O3S/c1-4-18(16,17)13-6-10-5-11(8-13)14(7-10)12(15)9(2)3/h9-11H,4-8H2,1-3H3. The van der Waals surface area contributed by atoms with Crippen LogP contribution in [0, 0.1) is 11.8 Å². The summed E-state index contributed by atoms with van der Waals surface area (Å²) in [7, 11) is -3.12. The predicted molar refractivity (Wildman–Crippen MR) is 69.5 cm³/mol. The summed E-state index contributed by atoms with van der Waals surface area (Å²) in [6, 6.07) is 0.0833. The fourth-order valence-corrected chi connectivity index (χ4v) is 4.13. The number of hydrogen-bond acceptors (Lipinski definition) is 3. The Morgan fingerprint density at radius 1 is 1.28 bits per heavy atom. The van der Waals surface area contributed by atoms with Gasteiger partial charge in [-0.05, 0) is 19.3 Å². The Labute approximate surface area is 109 Å². The molecule has 0 aliphatic carbocycles. The highest BCUT2D eigenvalue weighted by Gasteiger charge is 2.43. The van der Waals surface area contributed by atoms with Gasteiger partial charge in [-0.1, -0.05) is 13.8 Å². The first-order valence-corrected chi connectivity index (χ1v) is 8.24. The van der Waals surface area contributed by atoms with Crippen molar-refractivity contribution in [1.29, 1.82) is 0 Å². The summed E-state index contributed by atoms with van der Waals surface area (Å²) in [4.78, 5) is 14.0. The van der Waals surface area contributed by atoms with Crippen LogP contribution >= 0.6 is 0 Å². The van der Waals surface area contributed by atoms with E-state index >= 15 is 0 Å². The molecule has 2 rings (SSSR count). The lowest BCUT2D eigenvalue weighted by Crippen LogP contribution is -2.47. The van der Waals surface area contributed by atoms with Crippen molar-refractivity contribution in [2.24, 2.45) is 11.8 Å². The van der Waals surface area contributed by atoms with E-state index in [-0.39, 0.29) is 23.6 Å². The van der Waals surface area contributed by atoms with Gasteiger partial charge >= 0.3 is 0 Å². The van der Waals surface area contributed by atoms with Gasteiger partial charge in [0.15, 0.2) is 0 Å². The topological polar surface area (TPSA) is 57.7 Å². The Balaban J connectivity index is 2.12. The van der Waals surface area contributed by atoms with Crippen LogP contribution in [-0.4, -0.2) is 55.0 Å². The number of nitrogens with zero attached hydrogens (tertiary/aromatic N) is 2. The number of hydrogen-bond donors (Lipinski definition) is 0. The first kappa shape index (κ1) is 13.8. The van der Waals surface area contributed by atoms with Gasteiger partial charge in [-0.15, -0.1) is 0 Å². The van der Waals surface area contributed by atoms with E-state index < -0.39 is 10.0 Å². The molecule has 104 valence electrons. The molecule has 0 spiro atoms. The second kappa shape index (κ2) is 4.81. The lowest BCUT2D eigenvalue weighted by Gasteiger charge is -2.32. The Hall–Kier alpha value is -0.620. The molecule has 0 N–H and O–H groups in total. The normalized spacial score (nSPS) is 29.0. The molecule has 5 nitrogen and oxygen atoms in total. The molecule has 18 heavy (non-hydrogen) atoms. The van der Waals surface area contributed by atoms with Gasteiger partial charge < -0.3 is 4.90 Å². The van der Waals surface area contributed by atoms with Gasteiger partial charge in [0.05, 0.1) is 5.75 Å². The molecule has 2 bridgehead atoms. The fraction of sp³-hybridized carbons (Fsp3) is 0.917. The van der Waals surface area contributed by atoms with Crippen LogP contribution in [0.25, 0.3) is 0 Å². The SMILES string of the molecule is CCS(=O)(=O)N1CC2CC(C1)N(C(=O)C(C)C)C2. The minimum Gasteiger partial charge on any atom is -0.338 e. The van der Waals surface area contributed by atoms with E-state index in [1.807, 2.05) is 18.7 Å². The number of piperidine rings is 1. The third-order valence-corrected chi connectivity index (χ3v) is 5.73. The molecule has 1 amide bonds. The van der Waals surface area contributed by atoms with Crippen LogP contribution in [-0.2, 0) is 14.8 Å². The summed E-state index contributed by atoms with van der Waals surface area (Å²) in [6.07, 6.45) is 0.953. The minimum atomic E-state index is -3.12. The van der Waals surface area contributed by atoms with Crippen molar-refractivity contribution in [2.45, 2.75) is 33.2 Å². The molecule has 2 aliphatic heterocycles. The van der Waals surface area contributed by atoms with Crippen LogP contribution in [0.15, 0.2) is 0 Å². The molecule has 0 radical (unpaired) electrons. The van der Waals surface area contributed by atoms with Gasteiger partial charge in [0, 0.05) is 31.6 Å². The molecule has 2 fully saturated rings. The summed E-state index contributed by atoms with van der Waals surface area (Å²) >= 11 is 0. The number of carbonyl (C=O) groups excluding carboxylic acids is 1. The van der Waals surface area contributed by atoms with Gasteiger partial charge in [0.1, 0.15) is 0 Å². The summed E-state index contributed by atoms with van der Waals surface area (Å²) in [6.45, 7) is 7.23. The van der Waals surface area contributed by atoms with Crippen molar-refractivity contribution in [1.82, 2.24) is 9.21 Å². The Morgan fingerprint density at radius 3 is 2.50 bits per heavy atom. The quantitative estimate of drug-likeness (QED) is 0.754. The maximum Gasteiger partial charge on any atom is 0.225 e. The van der Waals surface area contributed by atoms with Crippen molar-refractivity contribution >= 4 is 15.9 Å². The molecule has 0 aromatic rings. The zero-order chi connectivity index (χ0) is 13.5. The van der Waals surface area contributed by atoms with Crippen LogP contribution in [0.3, 0.4) is 0 Å². The van der Waals surface area contributed by atoms with Crippen LogP contribution in [0.2, 0.25) is 0 Å². The van der Waals surface area contributed by atoms with E-state index in [0.717, 1.165) is 13.0 Å². The first-order chi connectivity index (χ1) is 8.35. The van der Waals surface area contributed by atoms with Crippen LogP contribution in [0.4, 0.5) is 0 Å². The van der Waals surface area contributed by atoms with Crippen LogP contribution in [0.5, 0.6) is 0 Å². The van der Waals surface area contributed by atoms with Crippen molar-refractivity contribution in [3.05, 3.63) is 0 Å². The number of rotatable bonds is 3. The Kier molecular flexibility index (Phi) is 3.69. The third kappa shape index (κ3) is 2.40. The average Bonchev–Trinajstić information content (AvgIpc) is 2.62. The van der Waals surface area contributed by atoms with Gasteiger partial charge in [-0.25, -0.2) is 8.42 Å². The summed E-state index contributed by atoms with van der Waals surface area (Å²) in [5.74, 6) is 0.594. The predicted octanol–water partition coefficient (Wildman–Crippen LogP) is 0.525. The van der Waals surface area contributed by atoms with Crippen molar-refractivity contribution < 1.29 is 13.2 Å².